The SMILES string of the molecule is COc1ccc(C)cc1CN1CCC[C@H]([C@@H](NC(=O)c2ccccn2)c2nccs2)C1. The van der Waals surface area contributed by atoms with Gasteiger partial charge in [-0.1, -0.05) is 23.8 Å². The molecule has 0 radical (unpaired) electrons. The average Bonchev–Trinajstić information content (AvgIpc) is 3.33. The fourth-order valence-electron chi connectivity index (χ4n) is 4.26. The minimum absolute atomic E-state index is 0.128. The highest BCUT2D eigenvalue weighted by atomic mass is 32.1. The maximum atomic E-state index is 12.9. The number of methoxy groups -OCH3 is 1. The minimum atomic E-state index is -0.154. The second-order valence-electron chi connectivity index (χ2n) is 7.99. The van der Waals surface area contributed by atoms with Gasteiger partial charge in [0, 0.05) is 36.4 Å². The van der Waals surface area contributed by atoms with Gasteiger partial charge >= 0.3 is 0 Å². The zero-order valence-electron chi connectivity index (χ0n) is 18.0. The molecule has 1 aliphatic heterocycles. The van der Waals surface area contributed by atoms with Crippen LogP contribution in [0.5, 0.6) is 5.75 Å². The number of thiazole rings is 1. The molecule has 1 aromatic carbocycles. The van der Waals surface area contributed by atoms with Crippen LogP contribution >= 0.6 is 11.3 Å². The number of aryl methyl sites for hydroxylation is 1. The predicted molar refractivity (Wildman–Crippen MR) is 122 cm³/mol. The van der Waals surface area contributed by atoms with Crippen molar-refractivity contribution in [1.29, 1.82) is 0 Å². The van der Waals surface area contributed by atoms with E-state index in [9.17, 15) is 4.79 Å². The number of benzene rings is 1. The molecule has 31 heavy (non-hydrogen) atoms. The number of pyridine rings is 1. The minimum Gasteiger partial charge on any atom is -0.496 e. The second-order valence-corrected chi connectivity index (χ2v) is 8.92. The molecule has 0 bridgehead atoms. The summed E-state index contributed by atoms with van der Waals surface area (Å²) in [7, 11) is 1.72. The summed E-state index contributed by atoms with van der Waals surface area (Å²) >= 11 is 1.59. The van der Waals surface area contributed by atoms with Gasteiger partial charge in [0.25, 0.3) is 5.91 Å². The second kappa shape index (κ2) is 10.0. The van der Waals surface area contributed by atoms with E-state index in [1.54, 1.807) is 36.9 Å². The fourth-order valence-corrected chi connectivity index (χ4v) is 5.04. The van der Waals surface area contributed by atoms with Crippen molar-refractivity contribution in [2.75, 3.05) is 20.2 Å². The Kier molecular flexibility index (Phi) is 6.94. The maximum absolute atomic E-state index is 12.9. The molecule has 1 saturated heterocycles. The lowest BCUT2D eigenvalue weighted by atomic mass is 9.90. The molecule has 2 aromatic heterocycles. The van der Waals surface area contributed by atoms with Gasteiger partial charge in [0.1, 0.15) is 16.5 Å². The van der Waals surface area contributed by atoms with Crippen molar-refractivity contribution >= 4 is 17.2 Å². The zero-order chi connectivity index (χ0) is 21.6. The van der Waals surface area contributed by atoms with Gasteiger partial charge in [0.2, 0.25) is 0 Å². The molecule has 0 aliphatic carbocycles. The largest absolute Gasteiger partial charge is 0.496 e. The summed E-state index contributed by atoms with van der Waals surface area (Å²) in [6.07, 6.45) is 5.58. The van der Waals surface area contributed by atoms with Crippen LogP contribution in [0.4, 0.5) is 0 Å². The zero-order valence-corrected chi connectivity index (χ0v) is 18.8. The predicted octanol–water partition coefficient (Wildman–Crippen LogP) is 4.24. The average molecular weight is 437 g/mol. The smallest absolute Gasteiger partial charge is 0.270 e. The van der Waals surface area contributed by atoms with Crippen LogP contribution in [0.1, 0.15) is 45.5 Å². The molecule has 1 fully saturated rings. The van der Waals surface area contributed by atoms with Crippen LogP contribution in [0.2, 0.25) is 0 Å². The first-order valence-electron chi connectivity index (χ1n) is 10.6. The first-order chi connectivity index (χ1) is 15.1. The Labute approximate surface area is 187 Å². The molecule has 1 N–H and O–H groups in total. The van der Waals surface area contributed by atoms with Crippen molar-refractivity contribution in [1.82, 2.24) is 20.2 Å². The molecule has 1 amide bonds. The normalized spacial score (nSPS) is 17.8. The summed E-state index contributed by atoms with van der Waals surface area (Å²) in [5.41, 5.74) is 2.86. The quantitative estimate of drug-likeness (QED) is 0.600. The third-order valence-electron chi connectivity index (χ3n) is 5.74. The summed E-state index contributed by atoms with van der Waals surface area (Å²) < 4.78 is 5.58. The van der Waals surface area contributed by atoms with E-state index in [0.717, 1.165) is 43.2 Å². The fraction of sp³-hybridized carbons (Fsp3) is 0.375. The number of hydrogen-bond acceptors (Lipinski definition) is 6. The highest BCUT2D eigenvalue weighted by molar-refractivity contribution is 7.09. The van der Waals surface area contributed by atoms with Gasteiger partial charge in [-0.15, -0.1) is 11.3 Å². The van der Waals surface area contributed by atoms with E-state index in [2.05, 4.69) is 39.2 Å². The third-order valence-corrected chi connectivity index (χ3v) is 6.60. The van der Waals surface area contributed by atoms with E-state index in [4.69, 9.17) is 4.74 Å². The Morgan fingerprint density at radius 1 is 1.29 bits per heavy atom. The highest BCUT2D eigenvalue weighted by Gasteiger charge is 2.32. The lowest BCUT2D eigenvalue weighted by Gasteiger charge is -2.36. The molecule has 0 unspecified atom stereocenters. The van der Waals surface area contributed by atoms with Gasteiger partial charge < -0.3 is 10.1 Å². The number of ether oxygens (including phenoxy) is 1. The summed E-state index contributed by atoms with van der Waals surface area (Å²) in [6.45, 7) is 4.87. The summed E-state index contributed by atoms with van der Waals surface area (Å²) in [6, 6.07) is 11.6. The maximum Gasteiger partial charge on any atom is 0.270 e. The molecule has 6 nitrogen and oxygen atoms in total. The number of aromatic nitrogens is 2. The molecular weight excluding hydrogens is 408 g/mol. The molecule has 1 aliphatic rings. The monoisotopic (exact) mass is 436 g/mol. The number of hydrogen-bond donors (Lipinski definition) is 1. The van der Waals surface area contributed by atoms with Gasteiger partial charge in [0.05, 0.1) is 13.2 Å². The number of nitrogens with one attached hydrogen (secondary N) is 1. The Bertz CT molecular complexity index is 994. The number of amides is 1. The van der Waals surface area contributed by atoms with E-state index in [0.29, 0.717) is 5.69 Å². The van der Waals surface area contributed by atoms with Gasteiger partial charge in [-0.25, -0.2) is 4.98 Å². The van der Waals surface area contributed by atoms with Crippen LogP contribution in [0.3, 0.4) is 0 Å². The molecule has 3 heterocycles. The van der Waals surface area contributed by atoms with Crippen molar-refractivity contribution in [2.24, 2.45) is 5.92 Å². The number of carbonyl (C=O) groups is 1. The molecule has 4 rings (SSSR count). The number of nitrogens with zero attached hydrogens (tertiary/aromatic N) is 3. The van der Waals surface area contributed by atoms with E-state index in [1.807, 2.05) is 23.6 Å². The van der Waals surface area contributed by atoms with Crippen molar-refractivity contribution in [3.05, 3.63) is 76.0 Å². The summed E-state index contributed by atoms with van der Waals surface area (Å²) in [4.78, 5) is 24.1. The van der Waals surface area contributed by atoms with Crippen LogP contribution in [0, 0.1) is 12.8 Å². The van der Waals surface area contributed by atoms with Gasteiger partial charge in [-0.3, -0.25) is 14.7 Å². The van der Waals surface area contributed by atoms with Crippen LogP contribution < -0.4 is 10.1 Å². The number of piperidine rings is 1. The molecule has 2 atom stereocenters. The summed E-state index contributed by atoms with van der Waals surface area (Å²) in [5, 5.41) is 6.13. The topological polar surface area (TPSA) is 67.3 Å². The van der Waals surface area contributed by atoms with Crippen molar-refractivity contribution in [3.8, 4) is 5.75 Å². The first kappa shape index (κ1) is 21.5. The standard InChI is InChI=1S/C24H28N4O2S/c1-17-8-9-21(30-2)19(14-17)16-28-12-5-6-18(15-28)22(24-26-11-13-31-24)27-23(29)20-7-3-4-10-25-20/h3-4,7-11,13-14,18,22H,5-6,12,15-16H2,1-2H3,(H,27,29)/t18-,22+/m0/s1. The molecule has 0 spiro atoms. The number of carbonyl (C=O) groups excluding carboxylic acids is 1. The van der Waals surface area contributed by atoms with Gasteiger partial charge in [-0.2, -0.15) is 0 Å². The molecule has 0 saturated carbocycles. The van der Waals surface area contributed by atoms with Crippen molar-refractivity contribution in [3.63, 3.8) is 0 Å². The number of rotatable bonds is 7. The Balaban J connectivity index is 1.51. The van der Waals surface area contributed by atoms with Crippen LogP contribution in [0.15, 0.2) is 54.2 Å². The highest BCUT2D eigenvalue weighted by Crippen LogP contribution is 2.32. The lowest BCUT2D eigenvalue weighted by Crippen LogP contribution is -2.42. The van der Waals surface area contributed by atoms with Crippen molar-refractivity contribution < 1.29 is 9.53 Å². The third kappa shape index (κ3) is 5.29. The van der Waals surface area contributed by atoms with E-state index < -0.39 is 0 Å². The van der Waals surface area contributed by atoms with Crippen LogP contribution in [0.25, 0.3) is 0 Å². The molecule has 7 heteroatoms. The Morgan fingerprint density at radius 2 is 2.19 bits per heavy atom. The first-order valence-corrected chi connectivity index (χ1v) is 11.5. The lowest BCUT2D eigenvalue weighted by molar-refractivity contribution is 0.0872. The number of likely N-dealkylation sites (tertiary alicyclic amines) is 1. The molecule has 162 valence electrons. The Morgan fingerprint density at radius 3 is 2.94 bits per heavy atom. The summed E-state index contributed by atoms with van der Waals surface area (Å²) in [5.74, 6) is 1.05. The van der Waals surface area contributed by atoms with Crippen LogP contribution in [-0.2, 0) is 6.54 Å². The van der Waals surface area contributed by atoms with Gasteiger partial charge in [-0.05, 0) is 50.4 Å². The molecular formula is C24H28N4O2S. The Hall–Kier alpha value is -2.77. The molecule has 3 aromatic rings. The van der Waals surface area contributed by atoms with E-state index in [1.165, 1.54) is 11.1 Å². The van der Waals surface area contributed by atoms with Crippen LogP contribution in [-0.4, -0.2) is 41.0 Å². The van der Waals surface area contributed by atoms with E-state index in [-0.39, 0.29) is 17.9 Å². The van der Waals surface area contributed by atoms with E-state index >= 15 is 0 Å². The van der Waals surface area contributed by atoms with Crippen molar-refractivity contribution in [2.45, 2.75) is 32.4 Å². The van der Waals surface area contributed by atoms with Gasteiger partial charge in [0.15, 0.2) is 0 Å².